The van der Waals surface area contributed by atoms with Crippen LogP contribution in [0.5, 0.6) is 0 Å². The number of hydrogen-bond acceptors (Lipinski definition) is 5. The molecule has 3 aliphatic rings. The number of fused-ring (bicyclic) bond motifs is 2. The van der Waals surface area contributed by atoms with Crippen molar-refractivity contribution in [3.05, 3.63) is 58.7 Å². The number of imide groups is 1. The first-order valence-electron chi connectivity index (χ1n) is 9.97. The van der Waals surface area contributed by atoms with Gasteiger partial charge in [0.2, 0.25) is 11.8 Å². The SMILES string of the molecule is O=C1CCC(N2Cc3c(CNc4cccc5c4NCC5)cccc3C2=O)C(=O)N1. The molecule has 5 rings (SSSR count). The molecule has 0 aliphatic carbocycles. The van der Waals surface area contributed by atoms with Gasteiger partial charge in [-0.05, 0) is 41.7 Å². The number of carbonyl (C=O) groups is 3. The van der Waals surface area contributed by atoms with E-state index in [-0.39, 0.29) is 24.1 Å². The maximum Gasteiger partial charge on any atom is 0.255 e. The lowest BCUT2D eigenvalue weighted by molar-refractivity contribution is -0.136. The third-order valence-corrected chi connectivity index (χ3v) is 6.00. The van der Waals surface area contributed by atoms with Crippen LogP contribution in [-0.2, 0) is 29.1 Å². The van der Waals surface area contributed by atoms with E-state index >= 15 is 0 Å². The number of anilines is 2. The molecule has 3 heterocycles. The summed E-state index contributed by atoms with van der Waals surface area (Å²) in [6.45, 7) is 1.94. The molecule has 29 heavy (non-hydrogen) atoms. The Labute approximate surface area is 168 Å². The molecule has 1 fully saturated rings. The van der Waals surface area contributed by atoms with Crippen molar-refractivity contribution in [1.29, 1.82) is 0 Å². The molecule has 2 aromatic rings. The van der Waals surface area contributed by atoms with Gasteiger partial charge in [0.15, 0.2) is 0 Å². The first kappa shape index (κ1) is 17.7. The predicted molar refractivity (Wildman–Crippen MR) is 108 cm³/mol. The minimum atomic E-state index is -0.588. The highest BCUT2D eigenvalue weighted by atomic mass is 16.2. The van der Waals surface area contributed by atoms with Crippen LogP contribution >= 0.6 is 0 Å². The molecule has 0 aromatic heterocycles. The Morgan fingerprint density at radius 1 is 1.07 bits per heavy atom. The van der Waals surface area contributed by atoms with Gasteiger partial charge in [-0.2, -0.15) is 0 Å². The largest absolute Gasteiger partial charge is 0.383 e. The number of benzene rings is 2. The zero-order valence-electron chi connectivity index (χ0n) is 16.0. The average molecular weight is 390 g/mol. The van der Waals surface area contributed by atoms with Gasteiger partial charge in [0.1, 0.15) is 6.04 Å². The van der Waals surface area contributed by atoms with E-state index in [1.807, 2.05) is 18.2 Å². The molecule has 3 amide bonds. The maximum absolute atomic E-state index is 12.9. The van der Waals surface area contributed by atoms with Crippen LogP contribution in [0.1, 0.15) is 39.9 Å². The minimum absolute atomic E-state index is 0.140. The fourth-order valence-electron chi connectivity index (χ4n) is 4.49. The van der Waals surface area contributed by atoms with Crippen LogP contribution in [0.3, 0.4) is 0 Å². The van der Waals surface area contributed by atoms with E-state index in [0.717, 1.165) is 35.5 Å². The summed E-state index contributed by atoms with van der Waals surface area (Å²) < 4.78 is 0. The zero-order valence-corrected chi connectivity index (χ0v) is 16.0. The number of hydrogen-bond donors (Lipinski definition) is 3. The predicted octanol–water partition coefficient (Wildman–Crippen LogP) is 2.03. The lowest BCUT2D eigenvalue weighted by Crippen LogP contribution is -2.52. The van der Waals surface area contributed by atoms with Gasteiger partial charge >= 0.3 is 0 Å². The molecule has 0 bridgehead atoms. The van der Waals surface area contributed by atoms with E-state index in [2.05, 4.69) is 34.1 Å². The second-order valence-corrected chi connectivity index (χ2v) is 7.71. The molecule has 1 unspecified atom stereocenters. The fourth-order valence-corrected chi connectivity index (χ4v) is 4.49. The van der Waals surface area contributed by atoms with Crippen molar-refractivity contribution in [3.63, 3.8) is 0 Å². The molecule has 148 valence electrons. The van der Waals surface area contributed by atoms with Crippen molar-refractivity contribution >= 4 is 29.1 Å². The van der Waals surface area contributed by atoms with Gasteiger partial charge in [-0.25, -0.2) is 0 Å². The van der Waals surface area contributed by atoms with E-state index < -0.39 is 6.04 Å². The Balaban J connectivity index is 1.37. The van der Waals surface area contributed by atoms with Crippen LogP contribution in [0.2, 0.25) is 0 Å². The molecule has 7 heteroatoms. The van der Waals surface area contributed by atoms with Crippen molar-refractivity contribution in [1.82, 2.24) is 10.2 Å². The summed E-state index contributed by atoms with van der Waals surface area (Å²) in [5.41, 5.74) is 6.17. The lowest BCUT2D eigenvalue weighted by atomic mass is 10.0. The van der Waals surface area contributed by atoms with Crippen molar-refractivity contribution < 1.29 is 14.4 Å². The fraction of sp³-hybridized carbons (Fsp3) is 0.318. The normalized spacial score (nSPS) is 20.2. The summed E-state index contributed by atoms with van der Waals surface area (Å²) >= 11 is 0. The summed E-state index contributed by atoms with van der Waals surface area (Å²) in [4.78, 5) is 38.2. The van der Waals surface area contributed by atoms with Crippen LogP contribution in [-0.4, -0.2) is 35.2 Å². The highest BCUT2D eigenvalue weighted by molar-refractivity contribution is 6.05. The van der Waals surface area contributed by atoms with Crippen LogP contribution in [0.25, 0.3) is 0 Å². The van der Waals surface area contributed by atoms with Gasteiger partial charge in [-0.15, -0.1) is 0 Å². The van der Waals surface area contributed by atoms with Crippen molar-refractivity contribution in [2.75, 3.05) is 17.2 Å². The second kappa shape index (κ2) is 6.92. The van der Waals surface area contributed by atoms with E-state index in [0.29, 0.717) is 25.1 Å². The summed E-state index contributed by atoms with van der Waals surface area (Å²) in [6, 6.07) is 11.4. The van der Waals surface area contributed by atoms with Gasteiger partial charge in [0.05, 0.1) is 11.4 Å². The summed E-state index contributed by atoms with van der Waals surface area (Å²) in [5.74, 6) is -0.795. The molecular weight excluding hydrogens is 368 g/mol. The van der Waals surface area contributed by atoms with Gasteiger partial charge in [-0.3, -0.25) is 19.7 Å². The summed E-state index contributed by atoms with van der Waals surface area (Å²) in [7, 11) is 0. The van der Waals surface area contributed by atoms with E-state index in [1.165, 1.54) is 5.56 Å². The number of carbonyl (C=O) groups excluding carboxylic acids is 3. The molecule has 0 saturated carbocycles. The van der Waals surface area contributed by atoms with Crippen LogP contribution in [0.4, 0.5) is 11.4 Å². The molecule has 2 aromatic carbocycles. The van der Waals surface area contributed by atoms with Crippen LogP contribution in [0, 0.1) is 0 Å². The maximum atomic E-state index is 12.9. The van der Waals surface area contributed by atoms with Crippen molar-refractivity contribution in [2.45, 2.75) is 38.4 Å². The van der Waals surface area contributed by atoms with E-state index in [4.69, 9.17) is 0 Å². The third kappa shape index (κ3) is 3.03. The molecule has 3 aliphatic heterocycles. The zero-order chi connectivity index (χ0) is 20.0. The number of amides is 3. The number of rotatable bonds is 4. The molecule has 0 spiro atoms. The second-order valence-electron chi connectivity index (χ2n) is 7.71. The Kier molecular flexibility index (Phi) is 4.23. The van der Waals surface area contributed by atoms with E-state index in [1.54, 1.807) is 4.90 Å². The minimum Gasteiger partial charge on any atom is -0.383 e. The topological polar surface area (TPSA) is 90.5 Å². The molecular formula is C22H22N4O3. The number of nitrogens with zero attached hydrogens (tertiary/aromatic N) is 1. The molecule has 1 atom stereocenters. The summed E-state index contributed by atoms with van der Waals surface area (Å²) in [5, 5.41) is 9.27. The first-order chi connectivity index (χ1) is 14.1. The average Bonchev–Trinajstić information content (AvgIpc) is 3.32. The smallest absolute Gasteiger partial charge is 0.255 e. The Bertz CT molecular complexity index is 1030. The standard InChI is InChI=1S/C22H22N4O3/c27-19-8-7-18(21(28)25-19)26-12-16-14(4-1-5-15(16)22(26)29)11-24-17-6-2-3-13-9-10-23-20(13)17/h1-6,18,23-24H,7-12H2,(H,25,27,28). The molecule has 0 radical (unpaired) electrons. The highest BCUT2D eigenvalue weighted by Gasteiger charge is 2.39. The monoisotopic (exact) mass is 390 g/mol. The van der Waals surface area contributed by atoms with Gasteiger partial charge in [0.25, 0.3) is 5.91 Å². The number of para-hydroxylation sites is 1. The Hall–Kier alpha value is -3.35. The number of piperidine rings is 1. The van der Waals surface area contributed by atoms with Gasteiger partial charge < -0.3 is 15.5 Å². The Morgan fingerprint density at radius 2 is 1.93 bits per heavy atom. The molecule has 3 N–H and O–H groups in total. The molecule has 1 saturated heterocycles. The van der Waals surface area contributed by atoms with Crippen LogP contribution < -0.4 is 16.0 Å². The lowest BCUT2D eigenvalue weighted by Gasteiger charge is -2.29. The number of nitrogens with one attached hydrogen (secondary N) is 3. The first-order valence-corrected chi connectivity index (χ1v) is 9.97. The van der Waals surface area contributed by atoms with Gasteiger partial charge in [0, 0.05) is 31.6 Å². The van der Waals surface area contributed by atoms with Crippen LogP contribution in [0.15, 0.2) is 36.4 Å². The Morgan fingerprint density at radius 3 is 2.79 bits per heavy atom. The van der Waals surface area contributed by atoms with Gasteiger partial charge in [-0.1, -0.05) is 24.3 Å². The van der Waals surface area contributed by atoms with E-state index in [9.17, 15) is 14.4 Å². The summed E-state index contributed by atoms with van der Waals surface area (Å²) in [6.07, 6.45) is 1.66. The highest BCUT2D eigenvalue weighted by Crippen LogP contribution is 2.33. The van der Waals surface area contributed by atoms with Crippen molar-refractivity contribution in [3.8, 4) is 0 Å². The quantitative estimate of drug-likeness (QED) is 0.695. The molecule has 7 nitrogen and oxygen atoms in total. The van der Waals surface area contributed by atoms with Crippen molar-refractivity contribution in [2.24, 2.45) is 0 Å². The third-order valence-electron chi connectivity index (χ3n) is 6.00.